The Morgan fingerprint density at radius 2 is 1.76 bits per heavy atom. The molecule has 2 N–H and O–H groups in total. The second kappa shape index (κ2) is 6.47. The molecule has 1 heterocycles. The maximum atomic E-state index is 12.4. The predicted octanol–water partition coefficient (Wildman–Crippen LogP) is 2.55. The Labute approximate surface area is 131 Å². The van der Waals surface area contributed by atoms with E-state index < -0.39 is 10.0 Å². The molecule has 4 nitrogen and oxygen atoms in total. The number of nitrogens with one attached hydrogen (secondary N) is 2. The van der Waals surface area contributed by atoms with Crippen molar-refractivity contribution in [3.05, 3.63) is 59.7 Å². The summed E-state index contributed by atoms with van der Waals surface area (Å²) in [5.41, 5.74) is 2.93. The number of hydrogen-bond donors (Lipinski definition) is 2. The summed E-state index contributed by atoms with van der Waals surface area (Å²) in [5, 5.41) is 3.29. The van der Waals surface area contributed by atoms with Crippen molar-refractivity contribution in [2.24, 2.45) is 0 Å². The highest BCUT2D eigenvalue weighted by Crippen LogP contribution is 2.25. The SMILES string of the molecule is Cl.O=S(=O)(Nc1cccc2c1CCNC2)c1ccccc1. The molecule has 3 rings (SSSR count). The van der Waals surface area contributed by atoms with E-state index in [9.17, 15) is 8.42 Å². The zero-order valence-electron chi connectivity index (χ0n) is 11.4. The van der Waals surface area contributed by atoms with Gasteiger partial charge in [-0.25, -0.2) is 8.42 Å². The van der Waals surface area contributed by atoms with E-state index in [-0.39, 0.29) is 17.3 Å². The van der Waals surface area contributed by atoms with Gasteiger partial charge >= 0.3 is 0 Å². The lowest BCUT2D eigenvalue weighted by molar-refractivity contribution is 0.600. The molecule has 1 aliphatic rings. The first-order valence-electron chi connectivity index (χ1n) is 6.56. The molecular weight excluding hydrogens is 308 g/mol. The molecule has 0 bridgehead atoms. The van der Waals surface area contributed by atoms with Crippen molar-refractivity contribution in [3.8, 4) is 0 Å². The fraction of sp³-hybridized carbons (Fsp3) is 0.200. The van der Waals surface area contributed by atoms with Crippen LogP contribution in [0.15, 0.2) is 53.4 Å². The largest absolute Gasteiger partial charge is 0.312 e. The van der Waals surface area contributed by atoms with Crippen LogP contribution in [0.5, 0.6) is 0 Å². The van der Waals surface area contributed by atoms with E-state index in [2.05, 4.69) is 10.0 Å². The van der Waals surface area contributed by atoms with Crippen LogP contribution in [0.1, 0.15) is 11.1 Å². The average Bonchev–Trinajstić information content (AvgIpc) is 2.48. The van der Waals surface area contributed by atoms with Crippen molar-refractivity contribution in [3.63, 3.8) is 0 Å². The highest BCUT2D eigenvalue weighted by molar-refractivity contribution is 7.92. The van der Waals surface area contributed by atoms with Crippen LogP contribution in [0, 0.1) is 0 Å². The Bertz CT molecular complexity index is 718. The highest BCUT2D eigenvalue weighted by Gasteiger charge is 2.18. The van der Waals surface area contributed by atoms with E-state index in [0.717, 1.165) is 30.6 Å². The van der Waals surface area contributed by atoms with Gasteiger partial charge < -0.3 is 5.32 Å². The van der Waals surface area contributed by atoms with Crippen LogP contribution >= 0.6 is 12.4 Å². The molecule has 0 atom stereocenters. The van der Waals surface area contributed by atoms with Gasteiger partial charge in [-0.2, -0.15) is 0 Å². The summed E-state index contributed by atoms with van der Waals surface area (Å²) in [6, 6.07) is 14.2. The molecule has 2 aromatic rings. The smallest absolute Gasteiger partial charge is 0.261 e. The topological polar surface area (TPSA) is 58.2 Å². The maximum Gasteiger partial charge on any atom is 0.261 e. The lowest BCUT2D eigenvalue weighted by atomic mass is 9.99. The number of halogens is 1. The van der Waals surface area contributed by atoms with Gasteiger partial charge in [0.05, 0.1) is 10.6 Å². The molecule has 1 aliphatic heterocycles. The van der Waals surface area contributed by atoms with Gasteiger partial charge in [0, 0.05) is 6.54 Å². The van der Waals surface area contributed by atoms with Crippen molar-refractivity contribution in [2.75, 3.05) is 11.3 Å². The first-order chi connectivity index (χ1) is 9.67. The number of rotatable bonds is 3. The van der Waals surface area contributed by atoms with E-state index in [0.29, 0.717) is 5.69 Å². The lowest BCUT2D eigenvalue weighted by Gasteiger charge is -2.21. The molecule has 0 saturated carbocycles. The van der Waals surface area contributed by atoms with Gasteiger partial charge in [0.2, 0.25) is 0 Å². The van der Waals surface area contributed by atoms with Crippen LogP contribution < -0.4 is 10.0 Å². The maximum absolute atomic E-state index is 12.4. The second-order valence-electron chi connectivity index (χ2n) is 4.79. The normalized spacial score (nSPS) is 13.9. The van der Waals surface area contributed by atoms with Crippen LogP contribution in [0.2, 0.25) is 0 Å². The lowest BCUT2D eigenvalue weighted by Crippen LogP contribution is -2.25. The van der Waals surface area contributed by atoms with Crippen molar-refractivity contribution < 1.29 is 8.42 Å². The monoisotopic (exact) mass is 324 g/mol. The standard InChI is InChI=1S/C15H16N2O2S.ClH/c18-20(19,13-6-2-1-3-7-13)17-15-8-4-5-12-11-16-10-9-14(12)15;/h1-8,16-17H,9-11H2;1H. The van der Waals surface area contributed by atoms with Crippen LogP contribution in [0.25, 0.3) is 0 Å². The Hall–Kier alpha value is -1.56. The Morgan fingerprint density at radius 1 is 1.00 bits per heavy atom. The molecule has 0 spiro atoms. The minimum atomic E-state index is -3.52. The Kier molecular flexibility index (Phi) is 4.88. The molecule has 6 heteroatoms. The fourth-order valence-electron chi connectivity index (χ4n) is 2.43. The van der Waals surface area contributed by atoms with Gasteiger partial charge in [-0.1, -0.05) is 30.3 Å². The fourth-order valence-corrected chi connectivity index (χ4v) is 3.54. The average molecular weight is 325 g/mol. The summed E-state index contributed by atoms with van der Waals surface area (Å²) in [7, 11) is -3.52. The van der Waals surface area contributed by atoms with E-state index in [1.54, 1.807) is 30.3 Å². The summed E-state index contributed by atoms with van der Waals surface area (Å²) in [6.45, 7) is 1.66. The summed E-state index contributed by atoms with van der Waals surface area (Å²) in [5.74, 6) is 0. The summed E-state index contributed by atoms with van der Waals surface area (Å²) < 4.78 is 27.4. The molecule has 0 amide bonds. The molecule has 2 aromatic carbocycles. The summed E-state index contributed by atoms with van der Waals surface area (Å²) in [6.07, 6.45) is 0.836. The third-order valence-electron chi connectivity index (χ3n) is 3.44. The molecule has 0 aromatic heterocycles. The molecule has 0 aliphatic carbocycles. The van der Waals surface area contributed by atoms with Crippen molar-refractivity contribution >= 4 is 28.1 Å². The molecule has 0 fully saturated rings. The number of hydrogen-bond acceptors (Lipinski definition) is 3. The first-order valence-corrected chi connectivity index (χ1v) is 8.04. The van der Waals surface area contributed by atoms with Gasteiger partial charge in [-0.3, -0.25) is 4.72 Å². The van der Waals surface area contributed by atoms with Gasteiger partial charge in [-0.05, 0) is 42.3 Å². The first kappa shape index (κ1) is 15.8. The molecule has 21 heavy (non-hydrogen) atoms. The third kappa shape index (κ3) is 3.37. The number of fused-ring (bicyclic) bond motifs is 1. The minimum Gasteiger partial charge on any atom is -0.312 e. The van der Waals surface area contributed by atoms with Crippen LogP contribution in [0.4, 0.5) is 5.69 Å². The van der Waals surface area contributed by atoms with Gasteiger partial charge in [0.1, 0.15) is 0 Å². The van der Waals surface area contributed by atoms with E-state index in [1.807, 2.05) is 18.2 Å². The van der Waals surface area contributed by atoms with Gasteiger partial charge in [0.15, 0.2) is 0 Å². The number of sulfonamides is 1. The Balaban J connectivity index is 0.00000161. The Morgan fingerprint density at radius 3 is 2.52 bits per heavy atom. The summed E-state index contributed by atoms with van der Waals surface area (Å²) in [4.78, 5) is 0.284. The predicted molar refractivity (Wildman–Crippen MR) is 86.4 cm³/mol. The zero-order valence-corrected chi connectivity index (χ0v) is 13.0. The molecular formula is C15H17ClN2O2S. The van der Waals surface area contributed by atoms with Crippen LogP contribution in [0.3, 0.4) is 0 Å². The van der Waals surface area contributed by atoms with E-state index in [4.69, 9.17) is 0 Å². The van der Waals surface area contributed by atoms with Gasteiger partial charge in [-0.15, -0.1) is 12.4 Å². The molecule has 0 unspecified atom stereocenters. The molecule has 0 saturated heterocycles. The van der Waals surface area contributed by atoms with E-state index >= 15 is 0 Å². The number of benzene rings is 2. The summed E-state index contributed by atoms with van der Waals surface area (Å²) >= 11 is 0. The van der Waals surface area contributed by atoms with Crippen molar-refractivity contribution in [1.82, 2.24) is 5.32 Å². The quantitative estimate of drug-likeness (QED) is 0.912. The van der Waals surface area contributed by atoms with Crippen molar-refractivity contribution in [1.29, 1.82) is 0 Å². The third-order valence-corrected chi connectivity index (χ3v) is 4.82. The number of anilines is 1. The van der Waals surface area contributed by atoms with Gasteiger partial charge in [0.25, 0.3) is 10.0 Å². The van der Waals surface area contributed by atoms with Crippen LogP contribution in [-0.2, 0) is 23.0 Å². The molecule has 0 radical (unpaired) electrons. The zero-order chi connectivity index (χ0) is 14.0. The molecule has 112 valence electrons. The highest BCUT2D eigenvalue weighted by atomic mass is 35.5. The minimum absolute atomic E-state index is 0. The second-order valence-corrected chi connectivity index (χ2v) is 6.47. The van der Waals surface area contributed by atoms with Crippen LogP contribution in [-0.4, -0.2) is 15.0 Å². The van der Waals surface area contributed by atoms with E-state index in [1.165, 1.54) is 0 Å². The van der Waals surface area contributed by atoms with Crippen molar-refractivity contribution in [2.45, 2.75) is 17.9 Å².